The van der Waals surface area contributed by atoms with E-state index in [1.807, 2.05) is 0 Å². The monoisotopic (exact) mass is 346 g/mol. The molecule has 138 valence electrons. The third-order valence-electron chi connectivity index (χ3n) is 6.83. The second kappa shape index (κ2) is 8.47. The molecule has 0 saturated heterocycles. The van der Waals surface area contributed by atoms with Crippen molar-refractivity contribution in [2.24, 2.45) is 17.8 Å². The maximum atomic E-state index is 14.4. The van der Waals surface area contributed by atoms with Gasteiger partial charge in [-0.3, -0.25) is 0 Å². The molecule has 0 aliphatic heterocycles. The van der Waals surface area contributed by atoms with E-state index < -0.39 is 11.6 Å². The average Bonchev–Trinajstić information content (AvgIpc) is 2.65. The van der Waals surface area contributed by atoms with Crippen molar-refractivity contribution in [1.29, 1.82) is 0 Å². The minimum Gasteiger partial charge on any atom is -0.203 e. The van der Waals surface area contributed by atoms with Crippen LogP contribution >= 0.6 is 0 Å². The van der Waals surface area contributed by atoms with Gasteiger partial charge in [0.1, 0.15) is 0 Å². The van der Waals surface area contributed by atoms with Crippen LogP contribution in [0.2, 0.25) is 0 Å². The van der Waals surface area contributed by atoms with Crippen molar-refractivity contribution in [3.8, 4) is 0 Å². The summed E-state index contributed by atoms with van der Waals surface area (Å²) < 4.78 is 28.4. The van der Waals surface area contributed by atoms with Crippen LogP contribution in [0.1, 0.15) is 88.2 Å². The van der Waals surface area contributed by atoms with Crippen LogP contribution in [0.15, 0.2) is 18.7 Å². The molecule has 3 rings (SSSR count). The van der Waals surface area contributed by atoms with Gasteiger partial charge in [-0.05, 0) is 67.8 Å². The smallest absolute Gasteiger partial charge is 0.166 e. The summed E-state index contributed by atoms with van der Waals surface area (Å²) in [5.41, 5.74) is 0.840. The van der Waals surface area contributed by atoms with E-state index in [1.165, 1.54) is 57.4 Å². The molecule has 25 heavy (non-hydrogen) atoms. The molecule has 0 unspecified atom stereocenters. The lowest BCUT2D eigenvalue weighted by molar-refractivity contribution is 0.156. The van der Waals surface area contributed by atoms with E-state index in [4.69, 9.17) is 0 Å². The molecule has 0 nitrogen and oxygen atoms in total. The van der Waals surface area contributed by atoms with E-state index >= 15 is 0 Å². The quantitative estimate of drug-likeness (QED) is 0.518. The van der Waals surface area contributed by atoms with Crippen molar-refractivity contribution >= 4 is 6.08 Å². The predicted molar refractivity (Wildman–Crippen MR) is 102 cm³/mol. The van der Waals surface area contributed by atoms with Gasteiger partial charge >= 0.3 is 0 Å². The summed E-state index contributed by atoms with van der Waals surface area (Å²) in [6.07, 6.45) is 14.0. The molecule has 2 aliphatic rings. The summed E-state index contributed by atoms with van der Waals surface area (Å²) in [6, 6.07) is 3.44. The predicted octanol–water partition coefficient (Wildman–Crippen LogP) is 7.49. The Balaban J connectivity index is 1.56. The van der Waals surface area contributed by atoms with Gasteiger partial charge in [-0.2, -0.15) is 0 Å². The molecule has 0 heterocycles. The number of halogens is 2. The van der Waals surface area contributed by atoms with Crippen molar-refractivity contribution in [1.82, 2.24) is 0 Å². The van der Waals surface area contributed by atoms with E-state index in [0.717, 1.165) is 30.6 Å². The maximum Gasteiger partial charge on any atom is 0.166 e. The van der Waals surface area contributed by atoms with Crippen molar-refractivity contribution < 1.29 is 8.78 Å². The number of hydrogen-bond acceptors (Lipinski definition) is 0. The Morgan fingerprint density at radius 1 is 0.920 bits per heavy atom. The number of hydrogen-bond donors (Lipinski definition) is 0. The molecule has 1 aromatic rings. The van der Waals surface area contributed by atoms with Crippen LogP contribution in [0.4, 0.5) is 8.78 Å². The van der Waals surface area contributed by atoms with Gasteiger partial charge in [-0.1, -0.05) is 57.4 Å². The van der Waals surface area contributed by atoms with Gasteiger partial charge in [0.25, 0.3) is 0 Å². The fourth-order valence-corrected chi connectivity index (χ4v) is 5.31. The molecule has 0 N–H and O–H groups in total. The molecular formula is C23H32F2. The lowest BCUT2D eigenvalue weighted by atomic mass is 9.68. The molecule has 0 bridgehead atoms. The second-order valence-electron chi connectivity index (χ2n) is 8.26. The highest BCUT2D eigenvalue weighted by Gasteiger charge is 2.32. The van der Waals surface area contributed by atoms with Gasteiger partial charge in [0.15, 0.2) is 11.6 Å². The average molecular weight is 347 g/mol. The number of rotatable bonds is 5. The Morgan fingerprint density at radius 2 is 1.52 bits per heavy atom. The summed E-state index contributed by atoms with van der Waals surface area (Å²) >= 11 is 0. The van der Waals surface area contributed by atoms with Crippen LogP contribution in [-0.2, 0) is 0 Å². The standard InChI is InChI=1S/C23H32F2/c1-3-5-16-6-8-18(9-7-16)19-10-12-20(13-11-19)21-15-14-17(4-2)22(24)23(21)25/h4,14-16,18-20H,2-3,5-13H2,1H3. The third-order valence-corrected chi connectivity index (χ3v) is 6.83. The van der Waals surface area contributed by atoms with Crippen molar-refractivity contribution in [3.63, 3.8) is 0 Å². The molecule has 1 aromatic carbocycles. The fraction of sp³-hybridized carbons (Fsp3) is 0.652. The lowest BCUT2D eigenvalue weighted by Gasteiger charge is -2.38. The van der Waals surface area contributed by atoms with Gasteiger partial charge in [-0.25, -0.2) is 8.78 Å². The van der Waals surface area contributed by atoms with Crippen LogP contribution in [0.3, 0.4) is 0 Å². The van der Waals surface area contributed by atoms with Crippen molar-refractivity contribution in [2.75, 3.05) is 0 Å². The second-order valence-corrected chi connectivity index (χ2v) is 8.26. The molecule has 2 fully saturated rings. The Labute approximate surface area is 151 Å². The van der Waals surface area contributed by atoms with Gasteiger partial charge in [0.05, 0.1) is 0 Å². The third kappa shape index (κ3) is 4.15. The van der Waals surface area contributed by atoms with Gasteiger partial charge in [0, 0.05) is 5.56 Å². The van der Waals surface area contributed by atoms with Crippen LogP contribution in [-0.4, -0.2) is 0 Å². The normalized spacial score (nSPS) is 30.2. The first-order chi connectivity index (χ1) is 12.1. The zero-order valence-electron chi connectivity index (χ0n) is 15.6. The van der Waals surface area contributed by atoms with Gasteiger partial charge in [0.2, 0.25) is 0 Å². The molecule has 2 aliphatic carbocycles. The Kier molecular flexibility index (Phi) is 6.30. The first kappa shape index (κ1) is 18.6. The first-order valence-electron chi connectivity index (χ1n) is 10.2. The van der Waals surface area contributed by atoms with Crippen LogP contribution in [0.5, 0.6) is 0 Å². The molecule has 0 radical (unpaired) electrons. The topological polar surface area (TPSA) is 0 Å². The lowest BCUT2D eigenvalue weighted by Crippen LogP contribution is -2.25. The Hall–Kier alpha value is -1.18. The highest BCUT2D eigenvalue weighted by molar-refractivity contribution is 5.49. The minimum absolute atomic E-state index is 0.182. The highest BCUT2D eigenvalue weighted by atomic mass is 19.2. The molecule has 2 saturated carbocycles. The van der Waals surface area contributed by atoms with E-state index in [0.29, 0.717) is 5.56 Å². The molecule has 0 atom stereocenters. The molecule has 2 heteroatoms. The molecule has 0 aromatic heterocycles. The van der Waals surface area contributed by atoms with Gasteiger partial charge in [-0.15, -0.1) is 0 Å². The van der Waals surface area contributed by atoms with Crippen LogP contribution < -0.4 is 0 Å². The van der Waals surface area contributed by atoms with E-state index in [1.54, 1.807) is 12.1 Å². The molecule has 0 amide bonds. The summed E-state index contributed by atoms with van der Waals surface area (Å²) in [7, 11) is 0. The zero-order valence-corrected chi connectivity index (χ0v) is 15.6. The van der Waals surface area contributed by atoms with Crippen molar-refractivity contribution in [3.05, 3.63) is 41.5 Å². The molecule has 0 spiro atoms. The summed E-state index contributed by atoms with van der Waals surface area (Å²) in [6.45, 7) is 5.84. The van der Waals surface area contributed by atoms with E-state index in [9.17, 15) is 8.78 Å². The van der Waals surface area contributed by atoms with Crippen LogP contribution in [0.25, 0.3) is 6.08 Å². The minimum atomic E-state index is -0.733. The Morgan fingerprint density at radius 3 is 2.08 bits per heavy atom. The summed E-state index contributed by atoms with van der Waals surface area (Å²) in [5.74, 6) is 1.43. The fourth-order valence-electron chi connectivity index (χ4n) is 5.31. The van der Waals surface area contributed by atoms with Crippen LogP contribution in [0, 0.1) is 29.4 Å². The van der Waals surface area contributed by atoms with E-state index in [2.05, 4.69) is 13.5 Å². The largest absolute Gasteiger partial charge is 0.203 e. The SMILES string of the molecule is C=Cc1ccc(C2CCC(C3CCC(CCC)CC3)CC2)c(F)c1F. The van der Waals surface area contributed by atoms with Gasteiger partial charge < -0.3 is 0 Å². The van der Waals surface area contributed by atoms with Crippen molar-refractivity contribution in [2.45, 2.75) is 77.0 Å². The zero-order chi connectivity index (χ0) is 17.8. The summed E-state index contributed by atoms with van der Waals surface area (Å²) in [4.78, 5) is 0. The Bertz CT molecular complexity index is 576. The first-order valence-corrected chi connectivity index (χ1v) is 10.2. The molecular weight excluding hydrogens is 314 g/mol. The highest BCUT2D eigenvalue weighted by Crippen LogP contribution is 2.45. The van der Waals surface area contributed by atoms with E-state index in [-0.39, 0.29) is 11.5 Å². The summed E-state index contributed by atoms with van der Waals surface area (Å²) in [5, 5.41) is 0. The maximum absolute atomic E-state index is 14.4. The number of benzene rings is 1.